The third kappa shape index (κ3) is 2.60. The average Bonchev–Trinajstić information content (AvgIpc) is 2.95. The van der Waals surface area contributed by atoms with Crippen LogP contribution in [0.1, 0.15) is 22.0 Å². The Morgan fingerprint density at radius 1 is 1.39 bits per heavy atom. The Morgan fingerprint density at radius 3 is 2.91 bits per heavy atom. The van der Waals surface area contributed by atoms with E-state index in [-0.39, 0.29) is 18.4 Å². The number of fused-ring (bicyclic) bond motifs is 1. The molecular weight excluding hydrogens is 292 g/mol. The Hall–Kier alpha value is -2.99. The number of pyridine rings is 2. The van der Waals surface area contributed by atoms with Crippen molar-refractivity contribution < 1.29 is 9.90 Å². The normalized spacial score (nSPS) is 12.2. The van der Waals surface area contributed by atoms with Crippen LogP contribution < -0.4 is 5.73 Å². The first-order valence-corrected chi connectivity index (χ1v) is 7.09. The zero-order valence-electron chi connectivity index (χ0n) is 12.4. The molecule has 3 heterocycles. The Morgan fingerprint density at radius 2 is 2.22 bits per heavy atom. The molecule has 0 aliphatic heterocycles. The summed E-state index contributed by atoms with van der Waals surface area (Å²) in [5.74, 6) is -0.192. The van der Waals surface area contributed by atoms with Gasteiger partial charge in [0.15, 0.2) is 5.78 Å². The highest BCUT2D eigenvalue weighted by Gasteiger charge is 2.19. The van der Waals surface area contributed by atoms with Gasteiger partial charge in [-0.2, -0.15) is 0 Å². The van der Waals surface area contributed by atoms with E-state index in [0.29, 0.717) is 22.2 Å². The van der Waals surface area contributed by atoms with Crippen molar-refractivity contribution in [2.45, 2.75) is 6.04 Å². The molecule has 6 heteroatoms. The van der Waals surface area contributed by atoms with Gasteiger partial charge in [0.2, 0.25) is 0 Å². The lowest BCUT2D eigenvalue weighted by Gasteiger charge is -2.12. The molecule has 3 rings (SSSR count). The summed E-state index contributed by atoms with van der Waals surface area (Å²) in [6, 6.07) is 3.07. The molecule has 0 aliphatic carbocycles. The lowest BCUT2D eigenvalue weighted by Crippen LogP contribution is -2.09. The highest BCUT2D eigenvalue weighted by Crippen LogP contribution is 2.26. The van der Waals surface area contributed by atoms with Gasteiger partial charge in [0, 0.05) is 47.5 Å². The maximum Gasteiger partial charge on any atom is 0.196 e. The number of ketones is 1. The second-order valence-electron chi connectivity index (χ2n) is 5.16. The number of rotatable bonds is 5. The van der Waals surface area contributed by atoms with Crippen LogP contribution in [0, 0.1) is 0 Å². The molecule has 0 saturated heterocycles. The third-order valence-electron chi connectivity index (χ3n) is 3.72. The van der Waals surface area contributed by atoms with Crippen LogP contribution >= 0.6 is 0 Å². The van der Waals surface area contributed by atoms with Crippen LogP contribution in [0.25, 0.3) is 10.9 Å². The van der Waals surface area contributed by atoms with Crippen molar-refractivity contribution in [3.05, 3.63) is 66.9 Å². The van der Waals surface area contributed by atoms with Gasteiger partial charge in [-0.25, -0.2) is 0 Å². The molecule has 1 unspecified atom stereocenters. The van der Waals surface area contributed by atoms with E-state index in [4.69, 9.17) is 5.73 Å². The average molecular weight is 308 g/mol. The molecule has 6 nitrogen and oxygen atoms in total. The minimum absolute atomic E-state index is 0.108. The fourth-order valence-corrected chi connectivity index (χ4v) is 2.57. The monoisotopic (exact) mass is 308 g/mol. The number of hydrogen-bond acceptors (Lipinski definition) is 5. The number of nitrogen functional groups attached to an aromatic ring is 1. The van der Waals surface area contributed by atoms with Crippen molar-refractivity contribution in [2.24, 2.45) is 0 Å². The molecule has 3 aromatic heterocycles. The summed E-state index contributed by atoms with van der Waals surface area (Å²) >= 11 is 0. The summed E-state index contributed by atoms with van der Waals surface area (Å²) in [4.78, 5) is 20.9. The van der Waals surface area contributed by atoms with E-state index in [1.807, 2.05) is 4.57 Å². The quantitative estimate of drug-likeness (QED) is 0.555. The highest BCUT2D eigenvalue weighted by molar-refractivity contribution is 6.16. The van der Waals surface area contributed by atoms with Gasteiger partial charge in [-0.15, -0.1) is 6.58 Å². The van der Waals surface area contributed by atoms with Crippen molar-refractivity contribution in [1.29, 1.82) is 0 Å². The maximum atomic E-state index is 12.8. The molecule has 116 valence electrons. The Bertz CT molecular complexity index is 885. The van der Waals surface area contributed by atoms with Gasteiger partial charge >= 0.3 is 0 Å². The number of nitrogens with zero attached hydrogens (tertiary/aromatic N) is 3. The minimum atomic E-state index is -0.319. The number of carbonyl (C=O) groups excluding carboxylic acids is 1. The fraction of sp³-hybridized carbons (Fsp3) is 0.118. The zero-order chi connectivity index (χ0) is 16.4. The SMILES string of the molecule is C=CC(CO)n1cc(C(=O)c2cncc(N)c2)c2cnccc21. The van der Waals surface area contributed by atoms with Crippen LogP contribution in [-0.2, 0) is 0 Å². The van der Waals surface area contributed by atoms with E-state index >= 15 is 0 Å². The van der Waals surface area contributed by atoms with E-state index in [2.05, 4.69) is 16.5 Å². The molecule has 0 amide bonds. The molecule has 0 radical (unpaired) electrons. The van der Waals surface area contributed by atoms with Crippen molar-refractivity contribution in [3.8, 4) is 0 Å². The molecule has 3 N–H and O–H groups in total. The first-order chi connectivity index (χ1) is 11.2. The Labute approximate surface area is 132 Å². The summed E-state index contributed by atoms with van der Waals surface area (Å²) in [5, 5.41) is 10.2. The predicted octanol–water partition coefficient (Wildman–Crippen LogP) is 1.96. The highest BCUT2D eigenvalue weighted by atomic mass is 16.3. The lowest BCUT2D eigenvalue weighted by atomic mass is 10.1. The number of nitrogens with two attached hydrogens (primary N) is 1. The molecular formula is C17H16N4O2. The Kier molecular flexibility index (Phi) is 3.91. The van der Waals surface area contributed by atoms with Crippen LogP contribution in [0.2, 0.25) is 0 Å². The van der Waals surface area contributed by atoms with E-state index in [1.54, 1.807) is 36.8 Å². The van der Waals surface area contributed by atoms with Crippen LogP contribution in [0.4, 0.5) is 5.69 Å². The first kappa shape index (κ1) is 14.9. The maximum absolute atomic E-state index is 12.8. The second kappa shape index (κ2) is 6.02. The Balaban J connectivity index is 2.18. The van der Waals surface area contributed by atoms with Gasteiger partial charge in [0.05, 0.1) is 23.9 Å². The van der Waals surface area contributed by atoms with Crippen molar-refractivity contribution >= 4 is 22.4 Å². The molecule has 0 spiro atoms. The fourth-order valence-electron chi connectivity index (χ4n) is 2.57. The standard InChI is InChI=1S/C17H16N4O2/c1-2-13(10-22)21-9-15(14-8-19-4-3-16(14)21)17(23)11-5-12(18)7-20-6-11/h2-9,13,22H,1,10,18H2. The van der Waals surface area contributed by atoms with E-state index in [1.165, 1.54) is 12.4 Å². The van der Waals surface area contributed by atoms with Gasteiger partial charge in [0.1, 0.15) is 0 Å². The van der Waals surface area contributed by atoms with Crippen molar-refractivity contribution in [1.82, 2.24) is 14.5 Å². The zero-order valence-corrected chi connectivity index (χ0v) is 12.4. The summed E-state index contributed by atoms with van der Waals surface area (Å²) in [7, 11) is 0. The van der Waals surface area contributed by atoms with Crippen LogP contribution in [-0.4, -0.2) is 32.0 Å². The number of aliphatic hydroxyl groups excluding tert-OH is 1. The van der Waals surface area contributed by atoms with Gasteiger partial charge in [-0.1, -0.05) is 6.08 Å². The van der Waals surface area contributed by atoms with Gasteiger partial charge < -0.3 is 15.4 Å². The molecule has 0 aromatic carbocycles. The smallest absolute Gasteiger partial charge is 0.196 e. The van der Waals surface area contributed by atoms with Gasteiger partial charge in [0.25, 0.3) is 0 Å². The number of hydrogen-bond donors (Lipinski definition) is 2. The van der Waals surface area contributed by atoms with Gasteiger partial charge in [-0.05, 0) is 12.1 Å². The van der Waals surface area contributed by atoms with Gasteiger partial charge in [-0.3, -0.25) is 14.8 Å². The molecule has 1 atom stereocenters. The largest absolute Gasteiger partial charge is 0.397 e. The minimum Gasteiger partial charge on any atom is -0.397 e. The van der Waals surface area contributed by atoms with E-state index in [0.717, 1.165) is 5.52 Å². The van der Waals surface area contributed by atoms with Crippen molar-refractivity contribution in [2.75, 3.05) is 12.3 Å². The summed E-state index contributed by atoms with van der Waals surface area (Å²) in [6.07, 6.45) is 9.59. The lowest BCUT2D eigenvalue weighted by molar-refractivity contribution is 0.103. The third-order valence-corrected chi connectivity index (χ3v) is 3.72. The molecule has 0 bridgehead atoms. The molecule has 0 fully saturated rings. The summed E-state index contributed by atoms with van der Waals surface area (Å²) in [6.45, 7) is 3.62. The van der Waals surface area contributed by atoms with Crippen molar-refractivity contribution in [3.63, 3.8) is 0 Å². The van der Waals surface area contributed by atoms with Crippen LogP contribution in [0.3, 0.4) is 0 Å². The van der Waals surface area contributed by atoms with Crippen LogP contribution in [0.15, 0.2) is 55.8 Å². The molecule has 3 aromatic rings. The second-order valence-corrected chi connectivity index (χ2v) is 5.16. The summed E-state index contributed by atoms with van der Waals surface area (Å²) in [5.41, 5.74) is 7.83. The first-order valence-electron chi connectivity index (χ1n) is 7.09. The molecule has 23 heavy (non-hydrogen) atoms. The summed E-state index contributed by atoms with van der Waals surface area (Å²) < 4.78 is 1.82. The van der Waals surface area contributed by atoms with E-state index < -0.39 is 0 Å². The number of carbonyl (C=O) groups is 1. The van der Waals surface area contributed by atoms with E-state index in [9.17, 15) is 9.90 Å². The number of anilines is 1. The number of aromatic nitrogens is 3. The number of aliphatic hydroxyl groups is 1. The topological polar surface area (TPSA) is 94.0 Å². The predicted molar refractivity (Wildman–Crippen MR) is 88.1 cm³/mol. The molecule has 0 aliphatic rings. The van der Waals surface area contributed by atoms with Crippen LogP contribution in [0.5, 0.6) is 0 Å². The molecule has 0 saturated carbocycles.